The number of rotatable bonds is 3. The van der Waals surface area contributed by atoms with Crippen LogP contribution in [0.25, 0.3) is 0 Å². The van der Waals surface area contributed by atoms with Crippen LogP contribution in [0, 0.1) is 27.7 Å². The smallest absolute Gasteiger partial charge is 0.168 e. The molecule has 2 rings (SSSR count). The molecule has 108 valence electrons. The number of aryl methyl sites for hydroxylation is 4. The van der Waals surface area contributed by atoms with Crippen molar-refractivity contribution < 1.29 is 9.78 Å². The van der Waals surface area contributed by atoms with Gasteiger partial charge in [0.1, 0.15) is 0 Å². The van der Waals surface area contributed by atoms with Crippen LogP contribution in [-0.2, 0) is 4.89 Å². The topological polar surface area (TPSA) is 18.5 Å². The summed E-state index contributed by atoms with van der Waals surface area (Å²) in [6, 6.07) is 14.3. The van der Waals surface area contributed by atoms with Crippen molar-refractivity contribution in [3.8, 4) is 5.75 Å². The van der Waals surface area contributed by atoms with E-state index in [9.17, 15) is 0 Å². The summed E-state index contributed by atoms with van der Waals surface area (Å²) in [5.74, 6) is 0.786. The quantitative estimate of drug-likeness (QED) is 0.582. The Labute approximate surface area is 122 Å². The summed E-state index contributed by atoms with van der Waals surface area (Å²) in [5.41, 5.74) is 5.15. The summed E-state index contributed by atoms with van der Waals surface area (Å²) in [6.07, 6.45) is 0. The fourth-order valence-electron chi connectivity index (χ4n) is 1.97. The van der Waals surface area contributed by atoms with E-state index in [1.165, 1.54) is 16.7 Å². The van der Waals surface area contributed by atoms with Crippen LogP contribution in [-0.4, -0.2) is 6.61 Å². The largest absolute Gasteiger partial charge is 0.337 e. The molecule has 0 heterocycles. The predicted molar refractivity (Wildman–Crippen MR) is 84.1 cm³/mol. The van der Waals surface area contributed by atoms with Crippen LogP contribution in [0.2, 0.25) is 0 Å². The lowest BCUT2D eigenvalue weighted by Gasteiger charge is -2.04. The van der Waals surface area contributed by atoms with Crippen molar-refractivity contribution in [1.82, 2.24) is 0 Å². The maximum atomic E-state index is 4.99. The third kappa shape index (κ3) is 5.89. The van der Waals surface area contributed by atoms with E-state index >= 15 is 0 Å². The van der Waals surface area contributed by atoms with Gasteiger partial charge in [0.05, 0.1) is 6.61 Å². The average molecular weight is 272 g/mol. The molecule has 0 atom stereocenters. The molecular weight excluding hydrogens is 248 g/mol. The number of hydrogen-bond donors (Lipinski definition) is 0. The van der Waals surface area contributed by atoms with Crippen LogP contribution < -0.4 is 4.89 Å². The molecule has 0 aliphatic rings. The zero-order chi connectivity index (χ0) is 15.0. The van der Waals surface area contributed by atoms with E-state index < -0.39 is 0 Å². The van der Waals surface area contributed by atoms with E-state index in [1.807, 2.05) is 38.1 Å². The van der Waals surface area contributed by atoms with E-state index in [-0.39, 0.29) is 0 Å². The van der Waals surface area contributed by atoms with Gasteiger partial charge in [0.2, 0.25) is 0 Å². The second-order valence-electron chi connectivity index (χ2n) is 4.92. The molecule has 0 aliphatic carbocycles. The Balaban J connectivity index is 0.000000204. The molecule has 0 amide bonds. The first-order chi connectivity index (χ1) is 9.52. The lowest BCUT2D eigenvalue weighted by molar-refractivity contribution is -0.202. The van der Waals surface area contributed by atoms with Gasteiger partial charge in [-0.25, -0.2) is 0 Å². The van der Waals surface area contributed by atoms with Gasteiger partial charge in [-0.05, 0) is 46.2 Å². The molecular formula is C18H24O2. The Morgan fingerprint density at radius 1 is 0.800 bits per heavy atom. The molecule has 0 saturated heterocycles. The van der Waals surface area contributed by atoms with E-state index in [2.05, 4.69) is 39.0 Å². The molecule has 0 bridgehead atoms. The Kier molecular flexibility index (Phi) is 6.82. The fourth-order valence-corrected chi connectivity index (χ4v) is 1.97. The van der Waals surface area contributed by atoms with Crippen molar-refractivity contribution in [3.05, 3.63) is 64.7 Å². The van der Waals surface area contributed by atoms with E-state index in [4.69, 9.17) is 9.78 Å². The average Bonchev–Trinajstić information content (AvgIpc) is 2.37. The van der Waals surface area contributed by atoms with Crippen molar-refractivity contribution in [3.63, 3.8) is 0 Å². The molecule has 0 saturated carbocycles. The maximum Gasteiger partial charge on any atom is 0.168 e. The monoisotopic (exact) mass is 272 g/mol. The number of para-hydroxylation sites is 1. The lowest BCUT2D eigenvalue weighted by atomic mass is 10.1. The van der Waals surface area contributed by atoms with Crippen LogP contribution in [0.15, 0.2) is 42.5 Å². The molecule has 0 aliphatic heterocycles. The van der Waals surface area contributed by atoms with E-state index in [0.717, 1.165) is 11.3 Å². The molecule has 2 heteroatoms. The lowest BCUT2D eigenvalue weighted by Crippen LogP contribution is -1.96. The van der Waals surface area contributed by atoms with Crippen LogP contribution in [0.1, 0.15) is 29.2 Å². The van der Waals surface area contributed by atoms with Gasteiger partial charge in [0.15, 0.2) is 5.75 Å². The standard InChI is InChI=1S/C9H12O2.C9H12/c1-3-10-11-9-7-5-4-6-8(9)2;1-7-4-8(2)6-9(3)5-7/h4-7H,3H2,1-2H3;4-6H,1-3H3. The summed E-state index contributed by atoms with van der Waals surface area (Å²) in [4.78, 5) is 9.79. The Morgan fingerprint density at radius 3 is 1.75 bits per heavy atom. The third-order valence-corrected chi connectivity index (χ3v) is 2.73. The first kappa shape index (κ1) is 16.3. The van der Waals surface area contributed by atoms with Gasteiger partial charge in [-0.2, -0.15) is 4.89 Å². The van der Waals surface area contributed by atoms with Gasteiger partial charge >= 0.3 is 0 Å². The zero-order valence-electron chi connectivity index (χ0n) is 13.1. The highest BCUT2D eigenvalue weighted by Crippen LogP contribution is 2.15. The molecule has 0 radical (unpaired) electrons. The molecule has 20 heavy (non-hydrogen) atoms. The van der Waals surface area contributed by atoms with Crippen LogP contribution in [0.5, 0.6) is 5.75 Å². The normalized spacial score (nSPS) is 9.65. The van der Waals surface area contributed by atoms with Crippen LogP contribution in [0.4, 0.5) is 0 Å². The summed E-state index contributed by atoms with van der Waals surface area (Å²) >= 11 is 0. The minimum absolute atomic E-state index is 0.564. The van der Waals surface area contributed by atoms with Gasteiger partial charge < -0.3 is 4.89 Å². The minimum atomic E-state index is 0.564. The van der Waals surface area contributed by atoms with Crippen molar-refractivity contribution in [1.29, 1.82) is 0 Å². The summed E-state index contributed by atoms with van der Waals surface area (Å²) in [6.45, 7) is 10.8. The Morgan fingerprint density at radius 2 is 1.30 bits per heavy atom. The highest BCUT2D eigenvalue weighted by Gasteiger charge is 1.96. The third-order valence-electron chi connectivity index (χ3n) is 2.73. The second kappa shape index (κ2) is 8.39. The van der Waals surface area contributed by atoms with Crippen LogP contribution in [0.3, 0.4) is 0 Å². The van der Waals surface area contributed by atoms with E-state index in [0.29, 0.717) is 6.61 Å². The number of benzene rings is 2. The molecule has 0 fully saturated rings. The molecule has 2 aromatic rings. The highest BCUT2D eigenvalue weighted by atomic mass is 17.2. The minimum Gasteiger partial charge on any atom is -0.337 e. The molecule has 0 unspecified atom stereocenters. The van der Waals surface area contributed by atoms with Gasteiger partial charge in [0, 0.05) is 0 Å². The van der Waals surface area contributed by atoms with Gasteiger partial charge in [-0.1, -0.05) is 53.1 Å². The zero-order valence-corrected chi connectivity index (χ0v) is 13.1. The second-order valence-corrected chi connectivity index (χ2v) is 4.92. The molecule has 0 aromatic heterocycles. The van der Waals surface area contributed by atoms with Crippen LogP contribution >= 0.6 is 0 Å². The van der Waals surface area contributed by atoms with Gasteiger partial charge in [-0.15, -0.1) is 0 Å². The van der Waals surface area contributed by atoms with Crippen molar-refractivity contribution in [2.75, 3.05) is 6.61 Å². The van der Waals surface area contributed by atoms with Crippen molar-refractivity contribution in [2.24, 2.45) is 0 Å². The van der Waals surface area contributed by atoms with Gasteiger partial charge in [-0.3, -0.25) is 0 Å². The highest BCUT2D eigenvalue weighted by molar-refractivity contribution is 5.31. The Bertz CT molecular complexity index is 482. The SMILES string of the molecule is CCOOc1ccccc1C.Cc1cc(C)cc(C)c1. The molecule has 0 N–H and O–H groups in total. The fraction of sp³-hybridized carbons (Fsp3) is 0.333. The molecule has 2 nitrogen and oxygen atoms in total. The first-order valence-corrected chi connectivity index (χ1v) is 6.93. The summed E-state index contributed by atoms with van der Waals surface area (Å²) < 4.78 is 0. The van der Waals surface area contributed by atoms with E-state index in [1.54, 1.807) is 0 Å². The summed E-state index contributed by atoms with van der Waals surface area (Å²) in [7, 11) is 0. The summed E-state index contributed by atoms with van der Waals surface area (Å²) in [5, 5.41) is 0. The molecule has 2 aromatic carbocycles. The Hall–Kier alpha value is -1.80. The first-order valence-electron chi connectivity index (χ1n) is 6.93. The van der Waals surface area contributed by atoms with Crippen molar-refractivity contribution >= 4 is 0 Å². The van der Waals surface area contributed by atoms with Crippen molar-refractivity contribution in [2.45, 2.75) is 34.6 Å². The van der Waals surface area contributed by atoms with Gasteiger partial charge in [0.25, 0.3) is 0 Å². The molecule has 0 spiro atoms. The predicted octanol–water partition coefficient (Wildman–Crippen LogP) is 4.94. The maximum absolute atomic E-state index is 4.99. The number of hydrogen-bond acceptors (Lipinski definition) is 2.